The maximum absolute atomic E-state index is 11.6. The Morgan fingerprint density at radius 1 is 1.10 bits per heavy atom. The lowest BCUT2D eigenvalue weighted by Gasteiger charge is -2.01. The van der Waals surface area contributed by atoms with Gasteiger partial charge < -0.3 is 9.84 Å². The Labute approximate surface area is 128 Å². The Kier molecular flexibility index (Phi) is 12.8. The number of ether oxygens (including phenoxy) is 1. The lowest BCUT2D eigenvalue weighted by molar-refractivity contribution is -0.140. The zero-order chi connectivity index (χ0) is 15.9. The first-order chi connectivity index (χ1) is 10.1. The molecule has 1 N–H and O–H groups in total. The SMILES string of the molecule is CCC[C@@H](O)C#CCCCC(=O)CCCCCC(=O)OC. The Morgan fingerprint density at radius 2 is 1.76 bits per heavy atom. The molecular formula is C17H28O4. The van der Waals surface area contributed by atoms with Crippen molar-refractivity contribution in [3.05, 3.63) is 0 Å². The van der Waals surface area contributed by atoms with E-state index >= 15 is 0 Å². The van der Waals surface area contributed by atoms with Crippen LogP contribution >= 0.6 is 0 Å². The van der Waals surface area contributed by atoms with Crippen molar-refractivity contribution in [3.8, 4) is 11.8 Å². The summed E-state index contributed by atoms with van der Waals surface area (Å²) in [5, 5.41) is 9.41. The van der Waals surface area contributed by atoms with Gasteiger partial charge in [0, 0.05) is 25.7 Å². The summed E-state index contributed by atoms with van der Waals surface area (Å²) in [6.45, 7) is 2.01. The molecule has 21 heavy (non-hydrogen) atoms. The number of esters is 1. The fraction of sp³-hybridized carbons (Fsp3) is 0.765. The van der Waals surface area contributed by atoms with Crippen molar-refractivity contribution >= 4 is 11.8 Å². The van der Waals surface area contributed by atoms with Crippen molar-refractivity contribution in [2.24, 2.45) is 0 Å². The second-order valence-electron chi connectivity index (χ2n) is 5.15. The smallest absolute Gasteiger partial charge is 0.305 e. The number of carbonyl (C=O) groups excluding carboxylic acids is 2. The van der Waals surface area contributed by atoms with E-state index in [1.165, 1.54) is 7.11 Å². The summed E-state index contributed by atoms with van der Waals surface area (Å²) in [5.41, 5.74) is 0. The van der Waals surface area contributed by atoms with Gasteiger partial charge in [-0.3, -0.25) is 9.59 Å². The topological polar surface area (TPSA) is 63.6 Å². The van der Waals surface area contributed by atoms with E-state index in [4.69, 9.17) is 0 Å². The zero-order valence-corrected chi connectivity index (χ0v) is 13.3. The number of ketones is 1. The molecule has 1 atom stereocenters. The highest BCUT2D eigenvalue weighted by Gasteiger charge is 2.03. The third-order valence-corrected chi connectivity index (χ3v) is 3.15. The number of carbonyl (C=O) groups is 2. The highest BCUT2D eigenvalue weighted by Crippen LogP contribution is 2.07. The summed E-state index contributed by atoms with van der Waals surface area (Å²) in [5.74, 6) is 5.76. The van der Waals surface area contributed by atoms with Crippen LogP contribution in [0.2, 0.25) is 0 Å². The van der Waals surface area contributed by atoms with E-state index in [2.05, 4.69) is 16.6 Å². The molecule has 120 valence electrons. The zero-order valence-electron chi connectivity index (χ0n) is 13.3. The maximum atomic E-state index is 11.6. The standard InChI is InChI=1S/C17H28O4/c1-3-10-15(18)11-6-4-7-12-16(19)13-8-5-9-14-17(20)21-2/h15,18H,3-5,7-10,12-14H2,1-2H3/t15-/m1/s1. The van der Waals surface area contributed by atoms with Crippen molar-refractivity contribution in [2.45, 2.75) is 77.2 Å². The van der Waals surface area contributed by atoms with Crippen LogP contribution in [-0.4, -0.2) is 30.1 Å². The van der Waals surface area contributed by atoms with Crippen LogP contribution in [0.4, 0.5) is 0 Å². The fourth-order valence-corrected chi connectivity index (χ4v) is 1.90. The van der Waals surface area contributed by atoms with Gasteiger partial charge in [0.15, 0.2) is 0 Å². The predicted octanol–water partition coefficient (Wildman–Crippen LogP) is 3.01. The van der Waals surface area contributed by atoms with E-state index in [9.17, 15) is 14.7 Å². The first-order valence-electron chi connectivity index (χ1n) is 7.85. The van der Waals surface area contributed by atoms with Crippen LogP contribution in [0.1, 0.15) is 71.1 Å². The van der Waals surface area contributed by atoms with Crippen molar-refractivity contribution in [3.63, 3.8) is 0 Å². The molecule has 0 spiro atoms. The lowest BCUT2D eigenvalue weighted by atomic mass is 10.1. The molecule has 0 aliphatic carbocycles. The van der Waals surface area contributed by atoms with E-state index < -0.39 is 6.10 Å². The van der Waals surface area contributed by atoms with Gasteiger partial charge in [0.05, 0.1) is 7.11 Å². The Bertz CT molecular complexity index is 352. The molecule has 4 nitrogen and oxygen atoms in total. The van der Waals surface area contributed by atoms with Gasteiger partial charge in [0.25, 0.3) is 0 Å². The van der Waals surface area contributed by atoms with E-state index in [1.54, 1.807) is 0 Å². The minimum absolute atomic E-state index is 0.190. The molecule has 0 unspecified atom stereocenters. The molecule has 4 heteroatoms. The average molecular weight is 296 g/mol. The Hall–Kier alpha value is -1.34. The molecule has 0 amide bonds. The molecule has 0 saturated carbocycles. The third kappa shape index (κ3) is 13.4. The van der Waals surface area contributed by atoms with Crippen LogP contribution < -0.4 is 0 Å². The molecule has 0 heterocycles. The number of rotatable bonds is 11. The summed E-state index contributed by atoms with van der Waals surface area (Å²) in [6, 6.07) is 0. The van der Waals surface area contributed by atoms with Crippen LogP contribution in [0, 0.1) is 11.8 Å². The van der Waals surface area contributed by atoms with Gasteiger partial charge in [-0.25, -0.2) is 0 Å². The van der Waals surface area contributed by atoms with Gasteiger partial charge in [0.1, 0.15) is 11.9 Å². The molecule has 0 aromatic carbocycles. The lowest BCUT2D eigenvalue weighted by Crippen LogP contribution is -2.01. The number of Topliss-reactive ketones (excluding diaryl/α,β-unsaturated/α-hetero) is 1. The number of unbranched alkanes of at least 4 members (excludes halogenated alkanes) is 3. The number of hydrogen-bond donors (Lipinski definition) is 1. The highest BCUT2D eigenvalue weighted by molar-refractivity contribution is 5.78. The molecule has 0 aliphatic heterocycles. The summed E-state index contributed by atoms with van der Waals surface area (Å²) in [6.07, 6.45) is 6.56. The van der Waals surface area contributed by atoms with Crippen LogP contribution in [0.3, 0.4) is 0 Å². The summed E-state index contributed by atoms with van der Waals surface area (Å²) >= 11 is 0. The second-order valence-corrected chi connectivity index (χ2v) is 5.15. The summed E-state index contributed by atoms with van der Waals surface area (Å²) < 4.78 is 4.55. The van der Waals surface area contributed by atoms with E-state index in [1.807, 2.05) is 6.92 Å². The van der Waals surface area contributed by atoms with Gasteiger partial charge in [-0.15, -0.1) is 5.92 Å². The van der Waals surface area contributed by atoms with Gasteiger partial charge >= 0.3 is 5.97 Å². The molecule has 0 fully saturated rings. The van der Waals surface area contributed by atoms with Gasteiger partial charge in [-0.05, 0) is 25.7 Å². The normalized spacial score (nSPS) is 11.4. The summed E-state index contributed by atoms with van der Waals surface area (Å²) in [7, 11) is 1.38. The van der Waals surface area contributed by atoms with Crippen molar-refractivity contribution in [1.29, 1.82) is 0 Å². The minimum Gasteiger partial charge on any atom is -0.469 e. The summed E-state index contributed by atoms with van der Waals surface area (Å²) in [4.78, 5) is 22.5. The molecule has 0 aromatic heterocycles. The first-order valence-corrected chi connectivity index (χ1v) is 7.85. The number of aliphatic hydroxyl groups excluding tert-OH is 1. The van der Waals surface area contributed by atoms with E-state index in [0.29, 0.717) is 32.1 Å². The molecule has 0 bridgehead atoms. The van der Waals surface area contributed by atoms with Crippen molar-refractivity contribution in [1.82, 2.24) is 0 Å². The molecule has 0 rings (SSSR count). The third-order valence-electron chi connectivity index (χ3n) is 3.15. The van der Waals surface area contributed by atoms with Crippen molar-refractivity contribution in [2.75, 3.05) is 7.11 Å². The van der Waals surface area contributed by atoms with Crippen LogP contribution in [-0.2, 0) is 14.3 Å². The molecule has 0 aromatic rings. The molecule has 0 aliphatic rings. The quantitative estimate of drug-likeness (QED) is 0.362. The highest BCUT2D eigenvalue weighted by atomic mass is 16.5. The van der Waals surface area contributed by atoms with Crippen LogP contribution in [0.5, 0.6) is 0 Å². The minimum atomic E-state index is -0.527. The van der Waals surface area contributed by atoms with Crippen molar-refractivity contribution < 1.29 is 19.4 Å². The van der Waals surface area contributed by atoms with Crippen LogP contribution in [0.25, 0.3) is 0 Å². The monoisotopic (exact) mass is 296 g/mol. The number of hydrogen-bond acceptors (Lipinski definition) is 4. The Balaban J connectivity index is 3.48. The number of aliphatic hydroxyl groups is 1. The van der Waals surface area contributed by atoms with Crippen LogP contribution in [0.15, 0.2) is 0 Å². The largest absolute Gasteiger partial charge is 0.469 e. The Morgan fingerprint density at radius 3 is 2.43 bits per heavy atom. The van der Waals surface area contributed by atoms with Gasteiger partial charge in [-0.1, -0.05) is 25.7 Å². The molecule has 0 saturated heterocycles. The van der Waals surface area contributed by atoms with E-state index in [-0.39, 0.29) is 11.8 Å². The van der Waals surface area contributed by atoms with Gasteiger partial charge in [-0.2, -0.15) is 0 Å². The average Bonchev–Trinajstić information content (AvgIpc) is 2.46. The van der Waals surface area contributed by atoms with E-state index in [0.717, 1.165) is 32.1 Å². The van der Waals surface area contributed by atoms with Gasteiger partial charge in [0.2, 0.25) is 0 Å². The second kappa shape index (κ2) is 13.6. The fourth-order valence-electron chi connectivity index (χ4n) is 1.90. The molecular weight excluding hydrogens is 268 g/mol. The predicted molar refractivity (Wildman–Crippen MR) is 82.6 cm³/mol. The maximum Gasteiger partial charge on any atom is 0.305 e. The number of methoxy groups -OCH3 is 1. The first kappa shape index (κ1) is 19.7. The molecule has 0 radical (unpaired) electrons.